The van der Waals surface area contributed by atoms with E-state index in [1.165, 1.54) is 68.9 Å². The van der Waals surface area contributed by atoms with Gasteiger partial charge < -0.3 is 15.7 Å². The molecule has 45 heavy (non-hydrogen) atoms. The lowest BCUT2D eigenvalue weighted by atomic mass is 9.33. The Kier molecular flexibility index (Phi) is 7.50. The molecule has 7 rings (SSSR count). The number of allylic oxidation sites excluding steroid dienone is 2. The van der Waals surface area contributed by atoms with E-state index in [0.717, 1.165) is 43.2 Å². The van der Waals surface area contributed by atoms with Gasteiger partial charge in [0.1, 0.15) is 0 Å². The van der Waals surface area contributed by atoms with Crippen LogP contribution in [-0.4, -0.2) is 39.7 Å². The van der Waals surface area contributed by atoms with Crippen LogP contribution in [0, 0.1) is 45.3 Å². The molecule has 1 aromatic carbocycles. The largest absolute Gasteiger partial charge is 0.478 e. The van der Waals surface area contributed by atoms with Crippen molar-refractivity contribution in [3.05, 3.63) is 59.9 Å². The Bertz CT molecular complexity index is 1460. The Morgan fingerprint density at radius 1 is 0.844 bits per heavy atom. The van der Waals surface area contributed by atoms with Crippen LogP contribution in [0.5, 0.6) is 0 Å². The molecule has 4 fully saturated rings. The Hall–Kier alpha value is -2.73. The smallest absolute Gasteiger partial charge is 0.335 e. The SMILES string of the molecule is CC1(C)C(c2ccc(C(=O)O)cc2)=CCC2(C)C1CCC1(C)C2CCC2C3CCCC3(NCCNc3ncccn3)CC[C@]21C. The average molecular weight is 611 g/mol. The number of carbonyl (C=O) groups is 1. The van der Waals surface area contributed by atoms with Crippen LogP contribution in [0.1, 0.15) is 115 Å². The van der Waals surface area contributed by atoms with Crippen LogP contribution in [0.4, 0.5) is 5.95 Å². The fourth-order valence-corrected chi connectivity index (χ4v) is 12.6. The number of benzene rings is 1. The van der Waals surface area contributed by atoms with Gasteiger partial charge in [0.2, 0.25) is 5.95 Å². The first kappa shape index (κ1) is 30.9. The van der Waals surface area contributed by atoms with E-state index >= 15 is 0 Å². The second kappa shape index (κ2) is 10.9. The normalized spacial score (nSPS) is 39.9. The second-order valence-electron chi connectivity index (χ2n) is 16.7. The quantitative estimate of drug-likeness (QED) is 0.273. The van der Waals surface area contributed by atoms with Crippen molar-refractivity contribution in [2.24, 2.45) is 45.3 Å². The summed E-state index contributed by atoms with van der Waals surface area (Å²) in [5.74, 6) is 2.78. The number of aromatic nitrogens is 2. The monoisotopic (exact) mass is 610 g/mol. The lowest BCUT2D eigenvalue weighted by Crippen LogP contribution is -2.67. The summed E-state index contributed by atoms with van der Waals surface area (Å²) in [5.41, 5.74) is 4.32. The van der Waals surface area contributed by atoms with Gasteiger partial charge in [0.05, 0.1) is 5.56 Å². The van der Waals surface area contributed by atoms with Crippen LogP contribution < -0.4 is 10.6 Å². The fourth-order valence-electron chi connectivity index (χ4n) is 12.6. The van der Waals surface area contributed by atoms with Crippen LogP contribution >= 0.6 is 0 Å². The van der Waals surface area contributed by atoms with Gasteiger partial charge in [-0.3, -0.25) is 0 Å². The minimum Gasteiger partial charge on any atom is -0.478 e. The number of anilines is 1. The highest BCUT2D eigenvalue weighted by atomic mass is 16.4. The molecule has 5 aliphatic carbocycles. The lowest BCUT2D eigenvalue weighted by Gasteiger charge is -2.72. The van der Waals surface area contributed by atoms with Crippen LogP contribution in [0.2, 0.25) is 0 Å². The highest BCUT2D eigenvalue weighted by molar-refractivity contribution is 5.88. The van der Waals surface area contributed by atoms with Crippen molar-refractivity contribution >= 4 is 17.5 Å². The van der Waals surface area contributed by atoms with Crippen molar-refractivity contribution in [3.63, 3.8) is 0 Å². The molecule has 0 saturated heterocycles. The number of rotatable bonds is 7. The second-order valence-corrected chi connectivity index (χ2v) is 16.7. The molecule has 242 valence electrons. The highest BCUT2D eigenvalue weighted by Crippen LogP contribution is 2.76. The summed E-state index contributed by atoms with van der Waals surface area (Å²) in [6, 6.07) is 9.48. The Morgan fingerprint density at radius 2 is 1.60 bits per heavy atom. The maximum atomic E-state index is 11.5. The topological polar surface area (TPSA) is 87.1 Å². The molecule has 8 atom stereocenters. The summed E-state index contributed by atoms with van der Waals surface area (Å²) in [6.07, 6.45) is 19.3. The van der Waals surface area contributed by atoms with E-state index in [0.29, 0.717) is 22.3 Å². The Balaban J connectivity index is 1.11. The third-order valence-electron chi connectivity index (χ3n) is 14.8. The summed E-state index contributed by atoms with van der Waals surface area (Å²) in [4.78, 5) is 20.2. The van der Waals surface area contributed by atoms with E-state index in [1.54, 1.807) is 24.5 Å². The third-order valence-corrected chi connectivity index (χ3v) is 14.8. The number of fused-ring (bicyclic) bond motifs is 7. The van der Waals surface area contributed by atoms with Crippen molar-refractivity contribution in [1.29, 1.82) is 0 Å². The van der Waals surface area contributed by atoms with Gasteiger partial charge in [-0.2, -0.15) is 0 Å². The summed E-state index contributed by atoms with van der Waals surface area (Å²) in [6.45, 7) is 14.9. The van der Waals surface area contributed by atoms with Crippen LogP contribution in [0.25, 0.3) is 5.57 Å². The predicted octanol–water partition coefficient (Wildman–Crippen LogP) is 8.48. The van der Waals surface area contributed by atoms with Crippen LogP contribution in [0.3, 0.4) is 0 Å². The third kappa shape index (κ3) is 4.63. The minimum absolute atomic E-state index is 0.0484. The highest BCUT2D eigenvalue weighted by Gasteiger charge is 2.69. The van der Waals surface area contributed by atoms with Crippen molar-refractivity contribution < 1.29 is 9.90 Å². The van der Waals surface area contributed by atoms with Crippen molar-refractivity contribution in [1.82, 2.24) is 15.3 Å². The minimum atomic E-state index is -0.856. The number of aromatic carboxylic acids is 1. The van der Waals surface area contributed by atoms with E-state index in [9.17, 15) is 9.90 Å². The zero-order valence-corrected chi connectivity index (χ0v) is 28.2. The molecule has 6 nitrogen and oxygen atoms in total. The number of hydrogen-bond donors (Lipinski definition) is 3. The first-order chi connectivity index (χ1) is 21.4. The van der Waals surface area contributed by atoms with E-state index in [-0.39, 0.29) is 16.4 Å². The van der Waals surface area contributed by atoms with Crippen molar-refractivity contribution in [3.8, 4) is 0 Å². The Labute approximate surface area is 270 Å². The zero-order valence-electron chi connectivity index (χ0n) is 28.2. The van der Waals surface area contributed by atoms with E-state index < -0.39 is 5.97 Å². The summed E-state index contributed by atoms with van der Waals surface area (Å²) in [5, 5.41) is 17.0. The molecular weight excluding hydrogens is 556 g/mol. The molecule has 6 heteroatoms. The van der Waals surface area contributed by atoms with E-state index in [2.05, 4.69) is 61.3 Å². The maximum Gasteiger partial charge on any atom is 0.335 e. The molecule has 0 aliphatic heterocycles. The molecule has 4 saturated carbocycles. The zero-order chi connectivity index (χ0) is 31.7. The van der Waals surface area contributed by atoms with Gasteiger partial charge in [0, 0.05) is 31.0 Å². The molecule has 1 aromatic heterocycles. The van der Waals surface area contributed by atoms with Gasteiger partial charge >= 0.3 is 5.97 Å². The first-order valence-corrected chi connectivity index (χ1v) is 17.7. The van der Waals surface area contributed by atoms with Crippen LogP contribution in [-0.2, 0) is 0 Å². The summed E-state index contributed by atoms with van der Waals surface area (Å²) in [7, 11) is 0. The number of nitrogens with zero attached hydrogens (tertiary/aromatic N) is 2. The molecule has 3 N–H and O–H groups in total. The first-order valence-electron chi connectivity index (χ1n) is 17.7. The van der Waals surface area contributed by atoms with Gasteiger partial charge in [-0.05, 0) is 132 Å². The van der Waals surface area contributed by atoms with Gasteiger partial charge in [0.25, 0.3) is 0 Å². The predicted molar refractivity (Wildman–Crippen MR) is 181 cm³/mol. The fraction of sp³-hybridized carbons (Fsp3) is 0.667. The lowest BCUT2D eigenvalue weighted by molar-refractivity contribution is -0.216. The number of carboxylic acid groups (broad SMARTS) is 1. The molecule has 0 bridgehead atoms. The van der Waals surface area contributed by atoms with Gasteiger partial charge in [-0.15, -0.1) is 0 Å². The van der Waals surface area contributed by atoms with Gasteiger partial charge in [-0.25, -0.2) is 14.8 Å². The number of hydrogen-bond acceptors (Lipinski definition) is 5. The molecule has 0 amide bonds. The summed E-state index contributed by atoms with van der Waals surface area (Å²) >= 11 is 0. The number of nitrogens with one attached hydrogen (secondary N) is 2. The van der Waals surface area contributed by atoms with Crippen molar-refractivity contribution in [2.75, 3.05) is 18.4 Å². The van der Waals surface area contributed by atoms with Crippen LogP contribution in [0.15, 0.2) is 48.8 Å². The molecule has 5 aliphatic rings. The molecular formula is C39H54N4O2. The molecule has 1 heterocycles. The molecule has 0 radical (unpaired) electrons. The van der Waals surface area contributed by atoms with Crippen molar-refractivity contribution in [2.45, 2.75) is 104 Å². The van der Waals surface area contributed by atoms with E-state index in [4.69, 9.17) is 0 Å². The maximum absolute atomic E-state index is 11.5. The van der Waals surface area contributed by atoms with Gasteiger partial charge in [0.15, 0.2) is 0 Å². The Morgan fingerprint density at radius 3 is 2.33 bits per heavy atom. The number of carboxylic acids is 1. The molecule has 0 spiro atoms. The van der Waals surface area contributed by atoms with Gasteiger partial charge in [-0.1, -0.05) is 59.2 Å². The summed E-state index contributed by atoms with van der Waals surface area (Å²) < 4.78 is 0. The molecule has 7 unspecified atom stereocenters. The standard InChI is InChI=1S/C39H54N4O2/c1-35(2)28(26-9-11-27(12-10-26)33(44)45)15-18-36(3)31(35)16-19-38(5)32(36)14-13-29-30-8-6-17-39(30,21-20-37(29,38)4)43-25-24-42-34-40-22-7-23-41-34/h7,9-12,15,22-23,29-32,43H,6,8,13-14,16-21,24-25H2,1-5H3,(H,44,45)(H,40,41,42)/t29?,30?,31?,32?,36?,37-,38?,39?/m1/s1. The average Bonchev–Trinajstić information content (AvgIpc) is 3.44. The van der Waals surface area contributed by atoms with E-state index in [1.807, 2.05) is 18.2 Å². The molecule has 2 aromatic rings.